The van der Waals surface area contributed by atoms with Crippen LogP contribution >= 0.6 is 0 Å². The van der Waals surface area contributed by atoms with Gasteiger partial charge < -0.3 is 15.1 Å². The van der Waals surface area contributed by atoms with E-state index in [9.17, 15) is 18.0 Å². The number of hydrogen-bond acceptors (Lipinski definition) is 3. The fourth-order valence-corrected chi connectivity index (χ4v) is 3.44. The first kappa shape index (κ1) is 21.8. The average Bonchev–Trinajstić information content (AvgIpc) is 2.90. The highest BCUT2D eigenvalue weighted by atomic mass is 19.4. The number of hydrogen-bond donors (Lipinski definition) is 1. The van der Waals surface area contributed by atoms with Crippen LogP contribution in [0.5, 0.6) is 0 Å². The van der Waals surface area contributed by atoms with Crippen LogP contribution in [-0.4, -0.2) is 91.6 Å². The molecule has 0 bridgehead atoms. The molecular weight excluding hydrogens is 359 g/mol. The molecule has 0 aromatic rings. The van der Waals surface area contributed by atoms with E-state index in [1.165, 1.54) is 12.8 Å². The van der Waals surface area contributed by atoms with Gasteiger partial charge in [-0.25, -0.2) is 0 Å². The fourth-order valence-electron chi connectivity index (χ4n) is 3.44. The Balaban J connectivity index is 1.79. The summed E-state index contributed by atoms with van der Waals surface area (Å²) in [5, 5.41) is 3.07. The summed E-state index contributed by atoms with van der Waals surface area (Å²) in [6, 6.07) is 0. The van der Waals surface area contributed by atoms with Gasteiger partial charge in [0.25, 0.3) is 0 Å². The van der Waals surface area contributed by atoms with Crippen molar-refractivity contribution >= 4 is 11.9 Å². The molecule has 0 atom stereocenters. The molecule has 0 aromatic heterocycles. The zero-order chi connectivity index (χ0) is 19.7. The Morgan fingerprint density at radius 3 is 2.15 bits per heavy atom. The zero-order valence-electron chi connectivity index (χ0n) is 16.2. The van der Waals surface area contributed by atoms with E-state index in [0.717, 1.165) is 25.9 Å². The highest BCUT2D eigenvalue weighted by molar-refractivity contribution is 5.80. The number of aliphatic imine (C=N–C) groups is 1. The van der Waals surface area contributed by atoms with Crippen LogP contribution in [0.15, 0.2) is 4.99 Å². The minimum atomic E-state index is -4.19. The van der Waals surface area contributed by atoms with E-state index in [4.69, 9.17) is 0 Å². The molecule has 0 radical (unpaired) electrons. The van der Waals surface area contributed by atoms with Gasteiger partial charge in [-0.1, -0.05) is 12.8 Å². The summed E-state index contributed by atoms with van der Waals surface area (Å²) < 4.78 is 37.0. The summed E-state index contributed by atoms with van der Waals surface area (Å²) in [5.41, 5.74) is 0. The molecule has 156 valence electrons. The minimum absolute atomic E-state index is 0.191. The predicted molar refractivity (Wildman–Crippen MR) is 99.7 cm³/mol. The van der Waals surface area contributed by atoms with Crippen molar-refractivity contribution < 1.29 is 18.0 Å². The van der Waals surface area contributed by atoms with Gasteiger partial charge in [0.2, 0.25) is 5.91 Å². The second-order valence-electron chi connectivity index (χ2n) is 7.16. The molecular formula is C18H32F3N5O. The maximum absolute atomic E-state index is 12.5. The minimum Gasteiger partial charge on any atom is -0.357 e. The molecule has 0 spiro atoms. The van der Waals surface area contributed by atoms with Crippen LogP contribution in [-0.2, 0) is 4.79 Å². The van der Waals surface area contributed by atoms with Crippen molar-refractivity contribution in [2.75, 3.05) is 58.9 Å². The van der Waals surface area contributed by atoms with E-state index >= 15 is 0 Å². The Labute approximate surface area is 159 Å². The van der Waals surface area contributed by atoms with Crippen molar-refractivity contribution in [3.63, 3.8) is 0 Å². The molecule has 2 aliphatic rings. The topological polar surface area (TPSA) is 51.2 Å². The highest BCUT2D eigenvalue weighted by Crippen LogP contribution is 2.19. The molecule has 2 fully saturated rings. The van der Waals surface area contributed by atoms with Crippen molar-refractivity contribution in [2.24, 2.45) is 4.99 Å². The van der Waals surface area contributed by atoms with Gasteiger partial charge in [0.1, 0.15) is 0 Å². The molecule has 2 heterocycles. The van der Waals surface area contributed by atoms with Crippen molar-refractivity contribution in [3.8, 4) is 0 Å². The normalized spacial score (nSPS) is 20.5. The van der Waals surface area contributed by atoms with Crippen LogP contribution in [0.1, 0.15) is 39.0 Å². The zero-order valence-corrected chi connectivity index (χ0v) is 16.2. The number of likely N-dealkylation sites (tertiary alicyclic amines) is 1. The summed E-state index contributed by atoms with van der Waals surface area (Å²) in [6.45, 7) is 7.12. The summed E-state index contributed by atoms with van der Waals surface area (Å²) >= 11 is 0. The highest BCUT2D eigenvalue weighted by Gasteiger charge is 2.27. The quantitative estimate of drug-likeness (QED) is 0.575. The lowest BCUT2D eigenvalue weighted by molar-refractivity contribution is -0.133. The second-order valence-corrected chi connectivity index (χ2v) is 7.16. The molecule has 27 heavy (non-hydrogen) atoms. The summed E-state index contributed by atoms with van der Waals surface area (Å²) in [6.07, 6.45) is -0.536. The number of amides is 1. The molecule has 2 rings (SSSR count). The van der Waals surface area contributed by atoms with Crippen molar-refractivity contribution in [2.45, 2.75) is 45.2 Å². The standard InChI is InChI=1S/C18H32F3N5O/c1-2-22-17(23-8-7-18(19,20)21)26-13-11-24(12-14-26)15-16(27)25-9-5-3-4-6-10-25/h2-15H2,1H3,(H,22,23). The van der Waals surface area contributed by atoms with E-state index in [-0.39, 0.29) is 12.5 Å². The maximum atomic E-state index is 12.5. The number of piperazine rings is 1. The molecule has 0 unspecified atom stereocenters. The van der Waals surface area contributed by atoms with Crippen LogP contribution in [0.25, 0.3) is 0 Å². The Bertz CT molecular complexity index is 482. The van der Waals surface area contributed by atoms with Crippen molar-refractivity contribution in [1.29, 1.82) is 0 Å². The number of guanidine groups is 1. The molecule has 0 saturated carbocycles. The SMILES string of the molecule is CCNC(=NCCC(F)(F)F)N1CCN(CC(=O)N2CCCCCC2)CC1. The largest absolute Gasteiger partial charge is 0.390 e. The number of alkyl halides is 3. The molecule has 0 aromatic carbocycles. The summed E-state index contributed by atoms with van der Waals surface area (Å²) in [7, 11) is 0. The van der Waals surface area contributed by atoms with Gasteiger partial charge in [0, 0.05) is 45.8 Å². The van der Waals surface area contributed by atoms with E-state index < -0.39 is 12.6 Å². The predicted octanol–water partition coefficient (Wildman–Crippen LogP) is 1.92. The number of carbonyl (C=O) groups is 1. The van der Waals surface area contributed by atoms with Gasteiger partial charge in [0.05, 0.1) is 19.5 Å². The lowest BCUT2D eigenvalue weighted by Crippen LogP contribution is -2.54. The Hall–Kier alpha value is -1.51. The summed E-state index contributed by atoms with van der Waals surface area (Å²) in [5.74, 6) is 0.719. The second kappa shape index (κ2) is 10.7. The lowest BCUT2D eigenvalue weighted by atomic mass is 10.2. The third kappa shape index (κ3) is 7.94. The van der Waals surface area contributed by atoms with Gasteiger partial charge in [-0.05, 0) is 19.8 Å². The van der Waals surface area contributed by atoms with Gasteiger partial charge >= 0.3 is 6.18 Å². The molecule has 2 saturated heterocycles. The molecule has 6 nitrogen and oxygen atoms in total. The van der Waals surface area contributed by atoms with Gasteiger partial charge in [-0.2, -0.15) is 13.2 Å². The van der Waals surface area contributed by atoms with Crippen LogP contribution in [0, 0.1) is 0 Å². The van der Waals surface area contributed by atoms with E-state index in [0.29, 0.717) is 45.2 Å². The van der Waals surface area contributed by atoms with E-state index in [1.54, 1.807) is 0 Å². The number of halogens is 3. The third-order valence-electron chi connectivity index (χ3n) is 4.98. The van der Waals surface area contributed by atoms with Crippen molar-refractivity contribution in [1.82, 2.24) is 20.0 Å². The smallest absolute Gasteiger partial charge is 0.357 e. The Morgan fingerprint density at radius 2 is 1.59 bits per heavy atom. The molecule has 1 N–H and O–H groups in total. The molecule has 0 aliphatic carbocycles. The third-order valence-corrected chi connectivity index (χ3v) is 4.98. The fraction of sp³-hybridized carbons (Fsp3) is 0.889. The van der Waals surface area contributed by atoms with Gasteiger partial charge in [-0.15, -0.1) is 0 Å². The Morgan fingerprint density at radius 1 is 0.963 bits per heavy atom. The number of carbonyl (C=O) groups excluding carboxylic acids is 1. The van der Waals surface area contributed by atoms with E-state index in [1.807, 2.05) is 16.7 Å². The molecule has 1 amide bonds. The van der Waals surface area contributed by atoms with Gasteiger partial charge in [0.15, 0.2) is 5.96 Å². The monoisotopic (exact) mass is 391 g/mol. The number of rotatable bonds is 5. The first-order valence-corrected chi connectivity index (χ1v) is 9.99. The molecule has 2 aliphatic heterocycles. The maximum Gasteiger partial charge on any atom is 0.390 e. The van der Waals surface area contributed by atoms with E-state index in [2.05, 4.69) is 15.2 Å². The van der Waals surface area contributed by atoms with Crippen LogP contribution in [0.4, 0.5) is 13.2 Å². The van der Waals surface area contributed by atoms with Crippen LogP contribution in [0.3, 0.4) is 0 Å². The van der Waals surface area contributed by atoms with Gasteiger partial charge in [-0.3, -0.25) is 14.7 Å². The summed E-state index contributed by atoms with van der Waals surface area (Å²) in [4.78, 5) is 22.7. The van der Waals surface area contributed by atoms with Crippen molar-refractivity contribution in [3.05, 3.63) is 0 Å². The number of nitrogens with one attached hydrogen (secondary N) is 1. The first-order chi connectivity index (χ1) is 12.9. The average molecular weight is 391 g/mol. The lowest BCUT2D eigenvalue weighted by Gasteiger charge is -2.37. The van der Waals surface area contributed by atoms with Crippen LogP contribution in [0.2, 0.25) is 0 Å². The molecule has 9 heteroatoms. The number of nitrogens with zero attached hydrogens (tertiary/aromatic N) is 4. The Kier molecular flexibility index (Phi) is 8.66. The first-order valence-electron chi connectivity index (χ1n) is 9.99. The van der Waals surface area contributed by atoms with Crippen LogP contribution < -0.4 is 5.32 Å².